The number of thiophene rings is 1. The lowest BCUT2D eigenvalue weighted by Gasteiger charge is -2.34. The second-order valence-corrected chi connectivity index (χ2v) is 8.65. The third-order valence-corrected chi connectivity index (χ3v) is 6.97. The molecule has 2 aliphatic rings. The molecule has 28 heavy (non-hydrogen) atoms. The van der Waals surface area contributed by atoms with Crippen LogP contribution in [0.2, 0.25) is 0 Å². The molecule has 0 bridgehead atoms. The van der Waals surface area contributed by atoms with Crippen molar-refractivity contribution in [3.8, 4) is 11.5 Å². The number of ether oxygens (including phenoxy) is 2. The average Bonchev–Trinajstić information content (AvgIpc) is 3.18. The molecule has 1 fully saturated rings. The van der Waals surface area contributed by atoms with Crippen molar-refractivity contribution in [3.05, 3.63) is 45.1 Å². The summed E-state index contributed by atoms with van der Waals surface area (Å²) < 4.78 is 10.8. The van der Waals surface area contributed by atoms with Crippen molar-refractivity contribution < 1.29 is 14.3 Å². The maximum absolute atomic E-state index is 12.9. The van der Waals surface area contributed by atoms with Gasteiger partial charge in [0.05, 0.1) is 19.1 Å². The highest BCUT2D eigenvalue weighted by Crippen LogP contribution is 2.31. The molecule has 1 aliphatic carbocycles. The summed E-state index contributed by atoms with van der Waals surface area (Å²) in [6.07, 6.45) is 4.79. The average molecular weight is 401 g/mol. The molecule has 0 N–H and O–H groups in total. The first kappa shape index (κ1) is 19.3. The van der Waals surface area contributed by atoms with E-state index in [9.17, 15) is 4.79 Å². The third-order valence-electron chi connectivity index (χ3n) is 5.75. The number of methoxy groups -OCH3 is 2. The largest absolute Gasteiger partial charge is 0.497 e. The number of carbonyl (C=O) groups excluding carboxylic acids is 1. The van der Waals surface area contributed by atoms with Crippen molar-refractivity contribution in [1.82, 2.24) is 9.80 Å². The van der Waals surface area contributed by atoms with Gasteiger partial charge in [0.15, 0.2) is 0 Å². The topological polar surface area (TPSA) is 42.0 Å². The molecule has 0 atom stereocenters. The zero-order valence-corrected chi connectivity index (χ0v) is 17.5. The second kappa shape index (κ2) is 8.53. The highest BCUT2D eigenvalue weighted by atomic mass is 32.1. The lowest BCUT2D eigenvalue weighted by Crippen LogP contribution is -2.48. The molecule has 0 unspecified atom stereocenters. The Balaban J connectivity index is 1.37. The van der Waals surface area contributed by atoms with Gasteiger partial charge >= 0.3 is 0 Å². The van der Waals surface area contributed by atoms with Crippen molar-refractivity contribution in [2.45, 2.75) is 32.2 Å². The number of hydrogen-bond donors (Lipinski definition) is 0. The van der Waals surface area contributed by atoms with Crippen molar-refractivity contribution in [2.75, 3.05) is 40.4 Å². The summed E-state index contributed by atoms with van der Waals surface area (Å²) in [5, 5.41) is 0. The molecule has 1 aliphatic heterocycles. The summed E-state index contributed by atoms with van der Waals surface area (Å²) in [6.45, 7) is 4.09. The lowest BCUT2D eigenvalue weighted by molar-refractivity contribution is 0.0632. The van der Waals surface area contributed by atoms with E-state index in [1.54, 1.807) is 25.6 Å². The Morgan fingerprint density at radius 1 is 1.04 bits per heavy atom. The van der Waals surface area contributed by atoms with E-state index in [4.69, 9.17) is 9.47 Å². The highest BCUT2D eigenvalue weighted by Gasteiger charge is 2.25. The predicted octanol–water partition coefficient (Wildman–Crippen LogP) is 3.60. The van der Waals surface area contributed by atoms with Crippen LogP contribution >= 0.6 is 11.3 Å². The van der Waals surface area contributed by atoms with Gasteiger partial charge in [-0.3, -0.25) is 9.69 Å². The monoisotopic (exact) mass is 400 g/mol. The summed E-state index contributed by atoms with van der Waals surface area (Å²) >= 11 is 1.71. The van der Waals surface area contributed by atoms with Crippen LogP contribution in [-0.4, -0.2) is 56.1 Å². The molecular formula is C22H28N2O3S. The number of nitrogens with zero attached hydrogens (tertiary/aromatic N) is 2. The molecule has 5 nitrogen and oxygen atoms in total. The van der Waals surface area contributed by atoms with Crippen LogP contribution < -0.4 is 9.47 Å². The minimum absolute atomic E-state index is 0.206. The Hall–Kier alpha value is -2.05. The first-order chi connectivity index (χ1) is 13.7. The Morgan fingerprint density at radius 2 is 1.82 bits per heavy atom. The molecule has 1 amide bonds. The minimum Gasteiger partial charge on any atom is -0.497 e. The molecule has 1 aromatic carbocycles. The van der Waals surface area contributed by atoms with Gasteiger partial charge in [0.1, 0.15) is 11.5 Å². The second-order valence-electron chi connectivity index (χ2n) is 7.51. The number of aryl methyl sites for hydroxylation is 2. The number of piperazine rings is 1. The molecule has 0 spiro atoms. The van der Waals surface area contributed by atoms with Crippen LogP contribution in [0, 0.1) is 0 Å². The number of rotatable bonds is 5. The van der Waals surface area contributed by atoms with Gasteiger partial charge in [0, 0.05) is 43.2 Å². The SMILES string of the molecule is COc1ccc(OC)c(CN2CCN(C(=O)c3cc4c(s3)CCCC4)CC2)c1. The van der Waals surface area contributed by atoms with Crippen LogP contribution in [0.15, 0.2) is 24.3 Å². The fourth-order valence-corrected chi connectivity index (χ4v) is 5.33. The maximum atomic E-state index is 12.9. The van der Waals surface area contributed by atoms with Gasteiger partial charge in [-0.05, 0) is 55.5 Å². The van der Waals surface area contributed by atoms with E-state index in [2.05, 4.69) is 11.0 Å². The van der Waals surface area contributed by atoms with Gasteiger partial charge in [-0.25, -0.2) is 0 Å². The molecule has 150 valence electrons. The molecule has 4 rings (SSSR count). The molecule has 1 aromatic heterocycles. The number of benzene rings is 1. The summed E-state index contributed by atoms with van der Waals surface area (Å²) in [5.74, 6) is 1.92. The van der Waals surface area contributed by atoms with E-state index >= 15 is 0 Å². The first-order valence-corrected chi connectivity index (χ1v) is 10.8. The molecule has 1 saturated heterocycles. The molecule has 0 radical (unpaired) electrons. The summed E-state index contributed by atoms with van der Waals surface area (Å²) in [4.78, 5) is 19.7. The van der Waals surface area contributed by atoms with Crippen LogP contribution in [0.1, 0.15) is 38.5 Å². The smallest absolute Gasteiger partial charge is 0.264 e. The number of hydrogen-bond acceptors (Lipinski definition) is 5. The van der Waals surface area contributed by atoms with Crippen LogP contribution in [0.3, 0.4) is 0 Å². The lowest BCUT2D eigenvalue weighted by atomic mass is 9.99. The Kier molecular flexibility index (Phi) is 5.87. The van der Waals surface area contributed by atoms with E-state index in [-0.39, 0.29) is 5.91 Å². The van der Waals surface area contributed by atoms with Crippen molar-refractivity contribution in [2.24, 2.45) is 0 Å². The van der Waals surface area contributed by atoms with Gasteiger partial charge in [-0.15, -0.1) is 11.3 Å². The molecule has 2 heterocycles. The van der Waals surface area contributed by atoms with Crippen molar-refractivity contribution in [1.29, 1.82) is 0 Å². The minimum atomic E-state index is 0.206. The normalized spacial score (nSPS) is 17.3. The number of carbonyl (C=O) groups is 1. The fraction of sp³-hybridized carbons (Fsp3) is 0.500. The van der Waals surface area contributed by atoms with Gasteiger partial charge < -0.3 is 14.4 Å². The van der Waals surface area contributed by atoms with Gasteiger partial charge in [0.2, 0.25) is 0 Å². The van der Waals surface area contributed by atoms with E-state index in [0.717, 1.165) is 67.5 Å². The van der Waals surface area contributed by atoms with Crippen LogP contribution in [0.5, 0.6) is 11.5 Å². The number of amides is 1. The summed E-state index contributed by atoms with van der Waals surface area (Å²) in [6, 6.07) is 8.05. The molecule has 0 saturated carbocycles. The van der Waals surface area contributed by atoms with E-state index < -0.39 is 0 Å². The Morgan fingerprint density at radius 3 is 2.54 bits per heavy atom. The predicted molar refractivity (Wildman–Crippen MR) is 112 cm³/mol. The number of fused-ring (bicyclic) bond motifs is 1. The highest BCUT2D eigenvalue weighted by molar-refractivity contribution is 7.14. The van der Waals surface area contributed by atoms with Crippen LogP contribution in [-0.2, 0) is 19.4 Å². The zero-order valence-electron chi connectivity index (χ0n) is 16.7. The van der Waals surface area contributed by atoms with Crippen molar-refractivity contribution in [3.63, 3.8) is 0 Å². The standard InChI is InChI=1S/C22H28N2O3S/c1-26-18-7-8-19(27-2)17(13-18)15-23-9-11-24(12-10-23)22(25)21-14-16-5-3-4-6-20(16)28-21/h7-8,13-14H,3-6,9-12,15H2,1-2H3. The van der Waals surface area contributed by atoms with Crippen LogP contribution in [0.25, 0.3) is 0 Å². The summed E-state index contributed by atoms with van der Waals surface area (Å²) in [5.41, 5.74) is 2.52. The Bertz CT molecular complexity index is 817. The first-order valence-electron chi connectivity index (χ1n) is 10.0. The van der Waals surface area contributed by atoms with E-state index in [0.29, 0.717) is 0 Å². The van der Waals surface area contributed by atoms with Gasteiger partial charge in [0.25, 0.3) is 5.91 Å². The molecule has 2 aromatic rings. The van der Waals surface area contributed by atoms with Crippen LogP contribution in [0.4, 0.5) is 0 Å². The fourth-order valence-electron chi connectivity index (χ4n) is 4.11. The third kappa shape index (κ3) is 4.03. The molecule has 6 heteroatoms. The van der Waals surface area contributed by atoms with Crippen molar-refractivity contribution >= 4 is 17.2 Å². The van der Waals surface area contributed by atoms with Gasteiger partial charge in [-0.2, -0.15) is 0 Å². The van der Waals surface area contributed by atoms with Gasteiger partial charge in [-0.1, -0.05) is 0 Å². The maximum Gasteiger partial charge on any atom is 0.264 e. The zero-order chi connectivity index (χ0) is 19.5. The van der Waals surface area contributed by atoms with E-state index in [1.165, 1.54) is 23.3 Å². The van der Waals surface area contributed by atoms with E-state index in [1.807, 2.05) is 23.1 Å². The Labute approximate surface area is 170 Å². The molecular weight excluding hydrogens is 372 g/mol. The summed E-state index contributed by atoms with van der Waals surface area (Å²) in [7, 11) is 3.38. The quantitative estimate of drug-likeness (QED) is 0.769.